The maximum absolute atomic E-state index is 13.2. The molecule has 99 heavy (non-hydrogen) atoms. The minimum Gasteiger partial charge on any atom is -0.508 e. The lowest BCUT2D eigenvalue weighted by molar-refractivity contribution is -0.123. The molecule has 1 unspecified atom stereocenters. The fourth-order valence-electron chi connectivity index (χ4n) is 10.7. The molecule has 6 aromatic carbocycles. The Morgan fingerprint density at radius 2 is 0.949 bits per heavy atom. The van der Waals surface area contributed by atoms with Crippen LogP contribution in [0.1, 0.15) is 83.3 Å². The smallest absolute Gasteiger partial charge is 0.265 e. The van der Waals surface area contributed by atoms with Crippen molar-refractivity contribution in [3.05, 3.63) is 149 Å². The van der Waals surface area contributed by atoms with Gasteiger partial charge in [0.15, 0.2) is 15.4 Å². The number of anilines is 6. The molecule has 2 amide bonds. The highest BCUT2D eigenvalue weighted by Crippen LogP contribution is 2.42. The van der Waals surface area contributed by atoms with Crippen LogP contribution in [-0.2, 0) is 44.4 Å². The quantitative estimate of drug-likeness (QED) is 0.0310. The number of hydrogen-bond donors (Lipinski definition) is 8. The Hall–Kier alpha value is -8.55. The predicted molar refractivity (Wildman–Crippen MR) is 392 cm³/mol. The van der Waals surface area contributed by atoms with Crippen LogP contribution < -0.4 is 44.3 Å². The number of sulfonamides is 3. The Kier molecular flexibility index (Phi) is 24.3. The Balaban J connectivity index is 0.000000174. The molecule has 4 heterocycles. The second kappa shape index (κ2) is 32.2. The molecule has 1 aliphatic carbocycles. The van der Waals surface area contributed by atoms with Gasteiger partial charge in [0.05, 0.1) is 63.8 Å². The van der Waals surface area contributed by atoms with Gasteiger partial charge in [-0.3, -0.25) is 23.8 Å². The number of para-hydroxylation sites is 1. The normalized spacial score (nSPS) is 13.9. The van der Waals surface area contributed by atoms with Crippen LogP contribution >= 0.6 is 45.6 Å². The summed E-state index contributed by atoms with van der Waals surface area (Å²) in [6.45, 7) is 14.7. The number of thiazole rings is 3. The zero-order valence-electron chi connectivity index (χ0n) is 56.0. The number of aromatic nitrogens is 3. The van der Waals surface area contributed by atoms with Gasteiger partial charge in [-0.1, -0.05) is 91.4 Å². The SMILES string of the molecule is COc1ccc(-c2sc(NC(=O)C(C)(C)C)nc2C)cc1S(=O)(=O)Nc1ccc(O)cc1.COc1ccc(-c2sc(NC(=O)C3CCCC3)nc2C)cc1S(=O)(=O)Nc1ccc(O)cc1.COc1ccc(-c2sc(NC(C)C3CCOCC3)nc2C)cc1S(=O)(=O)Nc1ccccc1Cl. The first-order chi connectivity index (χ1) is 46.9. The number of hydrogen-bond acceptors (Lipinski definition) is 21. The fraction of sp³-hybridized carbons (Fsp3) is 0.319. The molecule has 2 fully saturated rings. The molecule has 0 spiro atoms. The topological polar surface area (TPSA) is 325 Å². The molecule has 1 saturated heterocycles. The van der Waals surface area contributed by atoms with Crippen molar-refractivity contribution in [3.8, 4) is 60.1 Å². The maximum Gasteiger partial charge on any atom is 0.265 e. The van der Waals surface area contributed by atoms with E-state index in [1.807, 2.05) is 40.7 Å². The van der Waals surface area contributed by atoms with Crippen molar-refractivity contribution in [1.82, 2.24) is 15.0 Å². The molecule has 1 aliphatic heterocycles. The van der Waals surface area contributed by atoms with Crippen LogP contribution in [0.25, 0.3) is 31.3 Å². The van der Waals surface area contributed by atoms with Gasteiger partial charge in [-0.15, -0.1) is 0 Å². The number of benzene rings is 6. The first-order valence-electron chi connectivity index (χ1n) is 31.3. The van der Waals surface area contributed by atoms with Crippen molar-refractivity contribution in [2.45, 2.75) is 108 Å². The summed E-state index contributed by atoms with van der Waals surface area (Å²) in [6.07, 6.45) is 6.00. The van der Waals surface area contributed by atoms with E-state index in [0.717, 1.165) is 82.8 Å². The zero-order valence-corrected chi connectivity index (χ0v) is 61.6. The number of rotatable bonds is 21. The third kappa shape index (κ3) is 19.1. The van der Waals surface area contributed by atoms with Crippen LogP contribution in [0, 0.1) is 38.0 Å². The second-order valence-electron chi connectivity index (χ2n) is 24.3. The fourth-order valence-corrected chi connectivity index (χ4v) is 17.7. The lowest BCUT2D eigenvalue weighted by Crippen LogP contribution is -2.30. The molecule has 0 radical (unpaired) electrons. The summed E-state index contributed by atoms with van der Waals surface area (Å²) in [4.78, 5) is 40.7. The van der Waals surface area contributed by atoms with Crippen LogP contribution in [-0.4, -0.2) is 103 Å². The summed E-state index contributed by atoms with van der Waals surface area (Å²) >= 11 is 10.3. The van der Waals surface area contributed by atoms with Gasteiger partial charge in [0.2, 0.25) is 11.8 Å². The molecular formula is C69H78ClN9O14S6. The Morgan fingerprint density at radius 3 is 1.36 bits per heavy atom. The van der Waals surface area contributed by atoms with Crippen LogP contribution in [0.2, 0.25) is 5.02 Å². The maximum atomic E-state index is 13.2. The van der Waals surface area contributed by atoms with Gasteiger partial charge < -0.3 is 45.1 Å². The molecule has 526 valence electrons. The molecule has 0 bridgehead atoms. The average Bonchev–Trinajstić information content (AvgIpc) is 1.76. The van der Waals surface area contributed by atoms with E-state index in [0.29, 0.717) is 60.8 Å². The summed E-state index contributed by atoms with van der Waals surface area (Å²) in [6, 6.07) is 33.2. The number of aryl methyl sites for hydroxylation is 3. The van der Waals surface area contributed by atoms with Gasteiger partial charge in [-0.25, -0.2) is 40.2 Å². The number of ether oxygens (including phenoxy) is 4. The van der Waals surface area contributed by atoms with Crippen LogP contribution in [0.4, 0.5) is 32.5 Å². The van der Waals surface area contributed by atoms with Gasteiger partial charge in [-0.2, -0.15) is 0 Å². The molecule has 11 rings (SSSR count). The van der Waals surface area contributed by atoms with Gasteiger partial charge in [-0.05, 0) is 191 Å². The number of phenols is 2. The highest BCUT2D eigenvalue weighted by atomic mass is 35.5. The monoisotopic (exact) mass is 1480 g/mol. The van der Waals surface area contributed by atoms with Crippen molar-refractivity contribution in [1.29, 1.82) is 0 Å². The number of nitrogens with one attached hydrogen (secondary N) is 6. The first-order valence-corrected chi connectivity index (χ1v) is 38.6. The molecule has 8 N–H and O–H groups in total. The number of aromatic hydroxyl groups is 2. The third-order valence-corrected chi connectivity index (χ3v) is 24.0. The number of nitrogens with zero attached hydrogens (tertiary/aromatic N) is 3. The van der Waals surface area contributed by atoms with E-state index < -0.39 is 35.5 Å². The van der Waals surface area contributed by atoms with E-state index in [2.05, 4.69) is 47.0 Å². The van der Waals surface area contributed by atoms with Crippen molar-refractivity contribution < 1.29 is 64.0 Å². The van der Waals surface area contributed by atoms with Gasteiger partial charge in [0, 0.05) is 42.0 Å². The summed E-state index contributed by atoms with van der Waals surface area (Å²) < 4.78 is 108. The molecule has 1 atom stereocenters. The van der Waals surface area contributed by atoms with Crippen molar-refractivity contribution >= 4 is 120 Å². The predicted octanol–water partition coefficient (Wildman–Crippen LogP) is 15.2. The van der Waals surface area contributed by atoms with Gasteiger partial charge in [0.1, 0.15) is 43.4 Å². The molecule has 1 saturated carbocycles. The lowest BCUT2D eigenvalue weighted by Gasteiger charge is -2.28. The highest BCUT2D eigenvalue weighted by Gasteiger charge is 2.30. The van der Waals surface area contributed by atoms with E-state index in [1.54, 1.807) is 67.6 Å². The molecule has 3 aromatic heterocycles. The minimum atomic E-state index is -3.99. The van der Waals surface area contributed by atoms with Gasteiger partial charge in [0.25, 0.3) is 30.1 Å². The first kappa shape index (κ1) is 74.7. The van der Waals surface area contributed by atoms with Crippen LogP contribution in [0.5, 0.6) is 28.7 Å². The summed E-state index contributed by atoms with van der Waals surface area (Å²) in [5, 5.41) is 30.2. The molecular weight excluding hydrogens is 1410 g/mol. The number of methoxy groups -OCH3 is 3. The van der Waals surface area contributed by atoms with E-state index in [9.17, 15) is 45.1 Å². The third-order valence-electron chi connectivity index (χ3n) is 16.1. The number of carbonyl (C=O) groups excluding carboxylic acids is 2. The molecule has 23 nitrogen and oxygen atoms in total. The van der Waals surface area contributed by atoms with Crippen LogP contribution in [0.15, 0.2) is 142 Å². The number of halogens is 1. The summed E-state index contributed by atoms with van der Waals surface area (Å²) in [5.41, 5.74) is 4.58. The highest BCUT2D eigenvalue weighted by molar-refractivity contribution is 7.93. The number of amides is 2. The van der Waals surface area contributed by atoms with Gasteiger partial charge >= 0.3 is 0 Å². The van der Waals surface area contributed by atoms with Crippen molar-refractivity contribution in [2.75, 3.05) is 64.7 Å². The van der Waals surface area contributed by atoms with Crippen LogP contribution in [0.3, 0.4) is 0 Å². The number of carbonyl (C=O) groups is 2. The van der Waals surface area contributed by atoms with Crippen molar-refractivity contribution in [2.24, 2.45) is 17.3 Å². The zero-order chi connectivity index (χ0) is 71.6. The minimum absolute atomic E-state index is 0.0103. The Morgan fingerprint density at radius 1 is 0.556 bits per heavy atom. The van der Waals surface area contributed by atoms with E-state index in [-0.39, 0.29) is 67.2 Å². The Labute approximate surface area is 593 Å². The van der Waals surface area contributed by atoms with E-state index >= 15 is 0 Å². The molecule has 9 aromatic rings. The second-order valence-corrected chi connectivity index (χ2v) is 32.7. The lowest BCUT2D eigenvalue weighted by atomic mass is 9.93. The Bertz CT molecular complexity index is 4700. The number of phenolic OH excluding ortho intramolecular Hbond substituents is 2. The standard InChI is InChI=1S/C24H28ClN3O4S2.C23H25N3O5S2.C22H25N3O5S2/c1-15(17-10-12-32-13-11-17)26-24-27-16(2)23(33-24)18-8-9-21(31-3)22(14-18)34(29,30)28-20-7-5-4-6-19(20)25;1-14-21(32-23(24-14)25-22(28)15-5-3-4-6-15)16-7-12-19(31-2)20(13-16)33(29,30)26-17-8-10-18(27)11-9-17;1-13-19(31-21(23-13)24-20(27)22(2,3)4)14-6-11-17(30-5)18(12-14)32(28,29)25-15-7-9-16(26)10-8-15/h4-9,14-15,17,28H,10-13H2,1-3H3,(H,26,27);7-13,15,26-27H,3-6H2,1-2H3,(H,24,25,28);6-12,25-26H,1-5H3,(H,23,24,27). The average molecular weight is 1490 g/mol. The largest absolute Gasteiger partial charge is 0.508 e. The summed E-state index contributed by atoms with van der Waals surface area (Å²) in [5.74, 6) is 1.09. The molecule has 30 heteroatoms. The molecule has 2 aliphatic rings. The van der Waals surface area contributed by atoms with Crippen molar-refractivity contribution in [3.63, 3.8) is 0 Å². The van der Waals surface area contributed by atoms with E-state index in [1.165, 1.54) is 116 Å². The van der Waals surface area contributed by atoms with E-state index in [4.69, 9.17) is 35.5 Å². The summed E-state index contributed by atoms with van der Waals surface area (Å²) in [7, 11) is -7.67.